The first-order chi connectivity index (χ1) is 14.7. The molecule has 2 aromatic rings. The maximum Gasteiger partial charge on any atom is 0.326 e. The van der Waals surface area contributed by atoms with Crippen molar-refractivity contribution in [1.82, 2.24) is 4.90 Å². The molecule has 0 spiro atoms. The molecule has 1 heterocycles. The van der Waals surface area contributed by atoms with Crippen molar-refractivity contribution in [2.45, 2.75) is 51.1 Å². The number of amides is 1. The molecule has 1 aliphatic rings. The van der Waals surface area contributed by atoms with Gasteiger partial charge in [-0.05, 0) is 54.7 Å². The van der Waals surface area contributed by atoms with Crippen molar-refractivity contribution in [3.05, 3.63) is 82.4 Å². The molecule has 1 saturated heterocycles. The Morgan fingerprint density at radius 3 is 2.45 bits per heavy atom. The summed E-state index contributed by atoms with van der Waals surface area (Å²) < 4.78 is 0. The molecule has 0 aromatic heterocycles. The lowest BCUT2D eigenvalue weighted by Crippen LogP contribution is -2.57. The van der Waals surface area contributed by atoms with Gasteiger partial charge in [0.25, 0.3) is 0 Å². The van der Waals surface area contributed by atoms with Crippen LogP contribution in [0.4, 0.5) is 0 Å². The van der Waals surface area contributed by atoms with E-state index in [2.05, 4.69) is 6.58 Å². The molecular weight excluding hydrogens is 433 g/mol. The lowest BCUT2D eigenvalue weighted by Gasteiger charge is -2.51. The van der Waals surface area contributed by atoms with E-state index in [1.54, 1.807) is 30.0 Å². The fourth-order valence-electron chi connectivity index (χ4n) is 4.72. The lowest BCUT2D eigenvalue weighted by atomic mass is 9.67. The van der Waals surface area contributed by atoms with E-state index in [1.165, 1.54) is 0 Å². The highest BCUT2D eigenvalue weighted by atomic mass is 35.5. The first-order valence-corrected chi connectivity index (χ1v) is 11.1. The van der Waals surface area contributed by atoms with Crippen LogP contribution in [0.1, 0.15) is 56.2 Å². The number of aliphatic carboxylic acids is 1. The van der Waals surface area contributed by atoms with E-state index in [0.29, 0.717) is 29.3 Å². The minimum atomic E-state index is -1.01. The summed E-state index contributed by atoms with van der Waals surface area (Å²) in [5.41, 5.74) is 1.06. The van der Waals surface area contributed by atoms with E-state index in [0.717, 1.165) is 11.1 Å². The Morgan fingerprint density at radius 1 is 1.23 bits per heavy atom. The van der Waals surface area contributed by atoms with Crippen LogP contribution in [0.5, 0.6) is 0 Å². The molecule has 0 radical (unpaired) electrons. The fourth-order valence-corrected chi connectivity index (χ4v) is 5.05. The second kappa shape index (κ2) is 9.46. The molecule has 1 aliphatic heterocycles. The van der Waals surface area contributed by atoms with Crippen LogP contribution in [-0.4, -0.2) is 27.9 Å². The molecule has 31 heavy (non-hydrogen) atoms. The monoisotopic (exact) mass is 459 g/mol. The van der Waals surface area contributed by atoms with Gasteiger partial charge >= 0.3 is 5.97 Å². The van der Waals surface area contributed by atoms with Gasteiger partial charge in [0.15, 0.2) is 0 Å². The van der Waals surface area contributed by atoms with Crippen LogP contribution < -0.4 is 0 Å². The highest BCUT2D eigenvalue weighted by Crippen LogP contribution is 2.52. The largest absolute Gasteiger partial charge is 0.480 e. The Hall–Kier alpha value is -2.30. The second-order valence-electron chi connectivity index (χ2n) is 8.39. The van der Waals surface area contributed by atoms with Gasteiger partial charge < -0.3 is 10.0 Å². The molecule has 1 fully saturated rings. The minimum absolute atomic E-state index is 0.143. The third kappa shape index (κ3) is 4.65. The fraction of sp³-hybridized carbons (Fsp3) is 0.360. The number of nitrogens with zero attached hydrogens (tertiary/aromatic N) is 1. The second-order valence-corrected chi connectivity index (χ2v) is 9.26. The van der Waals surface area contributed by atoms with Gasteiger partial charge in [-0.1, -0.05) is 67.4 Å². The van der Waals surface area contributed by atoms with E-state index >= 15 is 0 Å². The maximum absolute atomic E-state index is 13.8. The summed E-state index contributed by atoms with van der Waals surface area (Å²) in [5, 5.41) is 11.2. The average molecular weight is 460 g/mol. The Morgan fingerprint density at radius 2 is 1.90 bits per heavy atom. The number of hydrogen-bond donors (Lipinski definition) is 1. The van der Waals surface area contributed by atoms with Crippen LogP contribution in [0.15, 0.2) is 61.2 Å². The van der Waals surface area contributed by atoms with Crippen molar-refractivity contribution < 1.29 is 14.7 Å². The van der Waals surface area contributed by atoms with Crippen LogP contribution in [-0.2, 0) is 9.59 Å². The van der Waals surface area contributed by atoms with Crippen molar-refractivity contribution in [3.8, 4) is 0 Å². The zero-order valence-corrected chi connectivity index (χ0v) is 19.2. The van der Waals surface area contributed by atoms with E-state index in [-0.39, 0.29) is 11.8 Å². The van der Waals surface area contributed by atoms with Crippen LogP contribution >= 0.6 is 23.2 Å². The van der Waals surface area contributed by atoms with Crippen LogP contribution in [0.25, 0.3) is 0 Å². The Balaban J connectivity index is 2.25. The normalized spacial score (nSPS) is 24.6. The number of carbonyl (C=O) groups excluding carboxylic acids is 1. The summed E-state index contributed by atoms with van der Waals surface area (Å²) >= 11 is 12.4. The van der Waals surface area contributed by atoms with Crippen LogP contribution in [0, 0.1) is 5.41 Å². The minimum Gasteiger partial charge on any atom is -0.480 e. The van der Waals surface area contributed by atoms with Crippen molar-refractivity contribution in [2.75, 3.05) is 0 Å². The first kappa shape index (κ1) is 23.4. The Bertz CT molecular complexity index is 975. The number of halogens is 2. The van der Waals surface area contributed by atoms with Crippen molar-refractivity contribution in [2.24, 2.45) is 5.41 Å². The standard InChI is InChI=1S/C25H27Cl2NO3/c1-4-13-25(3)15-20(17-7-6-8-19(27)14-17)22(16-9-11-18(26)12-10-16)28(24(25)31)21(5-2)23(29)30/h4,6-12,14,20-22H,1,5,13,15H2,2-3H3,(H,29,30)/t20-,21+,22-,25-/m1/s1. The lowest BCUT2D eigenvalue weighted by molar-refractivity contribution is -0.164. The third-order valence-electron chi connectivity index (χ3n) is 6.19. The summed E-state index contributed by atoms with van der Waals surface area (Å²) in [7, 11) is 0. The van der Waals surface area contributed by atoms with E-state index < -0.39 is 23.5 Å². The van der Waals surface area contributed by atoms with Gasteiger partial charge in [-0.2, -0.15) is 0 Å². The molecule has 0 unspecified atom stereocenters. The third-order valence-corrected chi connectivity index (χ3v) is 6.68. The molecule has 3 rings (SSSR count). The van der Waals surface area contributed by atoms with Crippen LogP contribution in [0.2, 0.25) is 10.0 Å². The highest BCUT2D eigenvalue weighted by Gasteiger charge is 2.52. The van der Waals surface area contributed by atoms with Gasteiger partial charge in [0, 0.05) is 16.0 Å². The van der Waals surface area contributed by atoms with Crippen molar-refractivity contribution in [3.63, 3.8) is 0 Å². The summed E-state index contributed by atoms with van der Waals surface area (Å²) in [6.07, 6.45) is 3.05. The number of piperidine rings is 1. The van der Waals surface area contributed by atoms with Gasteiger partial charge in [0.1, 0.15) is 6.04 Å². The predicted molar refractivity (Wildman–Crippen MR) is 124 cm³/mol. The first-order valence-electron chi connectivity index (χ1n) is 10.4. The number of benzene rings is 2. The van der Waals surface area contributed by atoms with E-state index in [9.17, 15) is 14.7 Å². The Kier molecular flexibility index (Phi) is 7.13. The van der Waals surface area contributed by atoms with Gasteiger partial charge in [0.2, 0.25) is 5.91 Å². The number of hydrogen-bond acceptors (Lipinski definition) is 2. The smallest absolute Gasteiger partial charge is 0.326 e. The predicted octanol–water partition coefficient (Wildman–Crippen LogP) is 6.50. The van der Waals surface area contributed by atoms with Crippen molar-refractivity contribution >= 4 is 35.1 Å². The highest BCUT2D eigenvalue weighted by molar-refractivity contribution is 6.30. The zero-order valence-electron chi connectivity index (χ0n) is 17.7. The summed E-state index contributed by atoms with van der Waals surface area (Å²) in [6.45, 7) is 7.52. The molecule has 4 nitrogen and oxygen atoms in total. The quantitative estimate of drug-likeness (QED) is 0.480. The summed E-state index contributed by atoms with van der Waals surface area (Å²) in [5.74, 6) is -1.32. The average Bonchev–Trinajstić information content (AvgIpc) is 2.72. The molecule has 0 bridgehead atoms. The molecular formula is C25H27Cl2NO3. The Labute approximate surface area is 193 Å². The molecule has 4 atom stereocenters. The number of likely N-dealkylation sites (tertiary alicyclic amines) is 1. The summed E-state index contributed by atoms with van der Waals surface area (Å²) in [6, 6.07) is 13.5. The van der Waals surface area contributed by atoms with Crippen LogP contribution in [0.3, 0.4) is 0 Å². The molecule has 0 aliphatic carbocycles. The molecule has 0 saturated carbocycles. The summed E-state index contributed by atoms with van der Waals surface area (Å²) in [4.78, 5) is 27.6. The molecule has 2 aromatic carbocycles. The number of rotatable bonds is 7. The maximum atomic E-state index is 13.8. The number of carboxylic acids is 1. The van der Waals surface area contributed by atoms with Gasteiger partial charge in [0.05, 0.1) is 11.5 Å². The number of carboxylic acid groups (broad SMARTS) is 1. The number of carbonyl (C=O) groups is 2. The topological polar surface area (TPSA) is 57.6 Å². The van der Waals surface area contributed by atoms with Gasteiger partial charge in [-0.15, -0.1) is 6.58 Å². The van der Waals surface area contributed by atoms with Gasteiger partial charge in [-0.25, -0.2) is 4.79 Å². The molecule has 6 heteroatoms. The molecule has 164 valence electrons. The molecule has 1 N–H and O–H groups in total. The van der Waals surface area contributed by atoms with Gasteiger partial charge in [-0.3, -0.25) is 4.79 Å². The zero-order chi connectivity index (χ0) is 22.8. The van der Waals surface area contributed by atoms with E-state index in [1.807, 2.05) is 43.3 Å². The van der Waals surface area contributed by atoms with E-state index in [4.69, 9.17) is 23.2 Å². The SMILES string of the molecule is C=CC[C@]1(C)C[C@H](c2cccc(Cl)c2)[C@@H](c2ccc(Cl)cc2)N([C@@H](CC)C(=O)O)C1=O. The molecule has 1 amide bonds. The number of allylic oxidation sites excluding steroid dienone is 1. The van der Waals surface area contributed by atoms with Crippen molar-refractivity contribution in [1.29, 1.82) is 0 Å².